The minimum Gasteiger partial charge on any atom is -0.478 e. The first-order valence-electron chi connectivity index (χ1n) is 5.58. The molecule has 2 aromatic rings. The van der Waals surface area contributed by atoms with E-state index >= 15 is 0 Å². The summed E-state index contributed by atoms with van der Waals surface area (Å²) in [7, 11) is 0. The van der Waals surface area contributed by atoms with Crippen LogP contribution in [0.15, 0.2) is 54.6 Å². The van der Waals surface area contributed by atoms with Gasteiger partial charge in [-0.15, -0.1) is 0 Å². The molecule has 0 unspecified atom stereocenters. The number of halogens is 1. The van der Waals surface area contributed by atoms with E-state index in [-0.39, 0.29) is 0 Å². The lowest BCUT2D eigenvalue weighted by atomic mass is 10.2. The van der Waals surface area contributed by atoms with E-state index < -0.39 is 5.97 Å². The molecule has 3 nitrogen and oxygen atoms in total. The van der Waals surface area contributed by atoms with Crippen molar-refractivity contribution >= 4 is 34.6 Å². The fourth-order valence-electron chi connectivity index (χ4n) is 1.50. The number of carbonyl (C=O) groups is 1. The number of hydrogen-bond acceptors (Lipinski definition) is 2. The van der Waals surface area contributed by atoms with E-state index in [0.717, 1.165) is 21.0 Å². The van der Waals surface area contributed by atoms with Gasteiger partial charge in [0.1, 0.15) is 11.5 Å². The van der Waals surface area contributed by atoms with Gasteiger partial charge in [-0.05, 0) is 58.5 Å². The summed E-state index contributed by atoms with van der Waals surface area (Å²) in [5.41, 5.74) is 0.783. The molecule has 0 atom stereocenters. The van der Waals surface area contributed by atoms with Crippen LogP contribution in [0.3, 0.4) is 0 Å². The molecule has 4 heteroatoms. The Balaban J connectivity index is 2.20. The molecule has 2 rings (SSSR count). The second-order valence-electron chi connectivity index (χ2n) is 3.78. The van der Waals surface area contributed by atoms with E-state index in [1.807, 2.05) is 42.5 Å². The van der Waals surface area contributed by atoms with E-state index in [2.05, 4.69) is 22.6 Å². The van der Waals surface area contributed by atoms with E-state index in [0.29, 0.717) is 5.75 Å². The number of carboxylic acids is 1. The third kappa shape index (κ3) is 4.10. The zero-order valence-electron chi connectivity index (χ0n) is 9.92. The maximum Gasteiger partial charge on any atom is 0.328 e. The Labute approximate surface area is 124 Å². The summed E-state index contributed by atoms with van der Waals surface area (Å²) < 4.78 is 6.79. The van der Waals surface area contributed by atoms with Crippen LogP contribution in [0.1, 0.15) is 5.56 Å². The van der Waals surface area contributed by atoms with Crippen LogP contribution in [-0.4, -0.2) is 11.1 Å². The maximum atomic E-state index is 10.5. The molecular formula is C15H11IO3. The number of benzene rings is 2. The van der Waals surface area contributed by atoms with Crippen molar-refractivity contribution in [2.75, 3.05) is 0 Å². The lowest BCUT2D eigenvalue weighted by molar-refractivity contribution is -0.131. The maximum absolute atomic E-state index is 10.5. The SMILES string of the molecule is O=C(O)C=Cc1cccc(Oc2ccccc2I)c1. The molecule has 2 aromatic carbocycles. The van der Waals surface area contributed by atoms with Gasteiger partial charge < -0.3 is 9.84 Å². The van der Waals surface area contributed by atoms with Crippen LogP contribution in [0.25, 0.3) is 6.08 Å². The second kappa shape index (κ2) is 6.38. The van der Waals surface area contributed by atoms with Gasteiger partial charge in [-0.2, -0.15) is 0 Å². The van der Waals surface area contributed by atoms with Gasteiger partial charge >= 0.3 is 5.97 Å². The predicted molar refractivity (Wildman–Crippen MR) is 82.3 cm³/mol. The number of para-hydroxylation sites is 1. The molecule has 0 bridgehead atoms. The van der Waals surface area contributed by atoms with Crippen molar-refractivity contribution in [1.82, 2.24) is 0 Å². The largest absolute Gasteiger partial charge is 0.478 e. The molecule has 0 aliphatic rings. The molecule has 0 spiro atoms. The Morgan fingerprint density at radius 3 is 2.68 bits per heavy atom. The number of hydrogen-bond donors (Lipinski definition) is 1. The van der Waals surface area contributed by atoms with Crippen molar-refractivity contribution in [3.8, 4) is 11.5 Å². The molecule has 0 aliphatic heterocycles. The average molecular weight is 366 g/mol. The third-order valence-electron chi connectivity index (χ3n) is 2.34. The third-order valence-corrected chi connectivity index (χ3v) is 3.23. The Morgan fingerprint density at radius 2 is 1.95 bits per heavy atom. The van der Waals surface area contributed by atoms with Crippen molar-refractivity contribution in [2.24, 2.45) is 0 Å². The number of ether oxygens (including phenoxy) is 1. The summed E-state index contributed by atoms with van der Waals surface area (Å²) in [6, 6.07) is 15.0. The zero-order chi connectivity index (χ0) is 13.7. The van der Waals surface area contributed by atoms with Crippen LogP contribution < -0.4 is 4.74 Å². The quantitative estimate of drug-likeness (QED) is 0.652. The first-order chi connectivity index (χ1) is 9.15. The lowest BCUT2D eigenvalue weighted by Gasteiger charge is -2.07. The van der Waals surface area contributed by atoms with Gasteiger partial charge in [0.05, 0.1) is 3.57 Å². The van der Waals surface area contributed by atoms with Crippen LogP contribution in [0.2, 0.25) is 0 Å². The highest BCUT2D eigenvalue weighted by Crippen LogP contribution is 2.26. The molecule has 0 heterocycles. The van der Waals surface area contributed by atoms with E-state index in [9.17, 15) is 4.79 Å². The van der Waals surface area contributed by atoms with Crippen LogP contribution in [0.4, 0.5) is 0 Å². The van der Waals surface area contributed by atoms with Crippen LogP contribution >= 0.6 is 22.6 Å². The zero-order valence-corrected chi connectivity index (χ0v) is 12.1. The lowest BCUT2D eigenvalue weighted by Crippen LogP contribution is -1.88. The van der Waals surface area contributed by atoms with E-state index in [1.165, 1.54) is 6.08 Å². The molecule has 0 aromatic heterocycles. The van der Waals surface area contributed by atoms with Crippen LogP contribution in [0, 0.1) is 3.57 Å². The molecule has 0 aliphatic carbocycles. The van der Waals surface area contributed by atoms with Gasteiger partial charge in [0.2, 0.25) is 0 Å². The molecule has 1 N–H and O–H groups in total. The summed E-state index contributed by atoms with van der Waals surface area (Å²) in [5.74, 6) is 0.489. The predicted octanol–water partition coefficient (Wildman–Crippen LogP) is 4.18. The Morgan fingerprint density at radius 1 is 1.16 bits per heavy atom. The summed E-state index contributed by atoms with van der Waals surface area (Å²) in [6.45, 7) is 0. The molecule has 0 radical (unpaired) electrons. The van der Waals surface area contributed by atoms with Gasteiger partial charge in [0, 0.05) is 6.08 Å². The van der Waals surface area contributed by atoms with Gasteiger partial charge in [-0.1, -0.05) is 24.3 Å². The molecule has 0 saturated carbocycles. The summed E-state index contributed by atoms with van der Waals surface area (Å²) >= 11 is 2.20. The topological polar surface area (TPSA) is 46.5 Å². The van der Waals surface area contributed by atoms with Crippen molar-refractivity contribution in [3.63, 3.8) is 0 Å². The van der Waals surface area contributed by atoms with Gasteiger partial charge in [0.25, 0.3) is 0 Å². The van der Waals surface area contributed by atoms with Crippen LogP contribution in [-0.2, 0) is 4.79 Å². The first kappa shape index (κ1) is 13.6. The molecule has 96 valence electrons. The minimum absolute atomic E-state index is 0.677. The molecule has 19 heavy (non-hydrogen) atoms. The van der Waals surface area contributed by atoms with Gasteiger partial charge in [-0.25, -0.2) is 4.79 Å². The van der Waals surface area contributed by atoms with Crippen molar-refractivity contribution in [3.05, 3.63) is 63.7 Å². The second-order valence-corrected chi connectivity index (χ2v) is 4.94. The van der Waals surface area contributed by atoms with Gasteiger partial charge in [-0.3, -0.25) is 0 Å². The van der Waals surface area contributed by atoms with Crippen molar-refractivity contribution in [2.45, 2.75) is 0 Å². The normalized spacial score (nSPS) is 10.6. The average Bonchev–Trinajstić information content (AvgIpc) is 2.40. The molecule has 0 amide bonds. The summed E-state index contributed by atoms with van der Waals surface area (Å²) in [6.07, 6.45) is 2.64. The Bertz CT molecular complexity index is 620. The fraction of sp³-hybridized carbons (Fsp3) is 0. The Kier molecular flexibility index (Phi) is 4.57. The molecule has 0 saturated heterocycles. The highest BCUT2D eigenvalue weighted by atomic mass is 127. The highest BCUT2D eigenvalue weighted by Gasteiger charge is 2.01. The molecule has 0 fully saturated rings. The van der Waals surface area contributed by atoms with Crippen molar-refractivity contribution < 1.29 is 14.6 Å². The minimum atomic E-state index is -0.969. The summed E-state index contributed by atoms with van der Waals surface area (Å²) in [5, 5.41) is 8.60. The van der Waals surface area contributed by atoms with Crippen molar-refractivity contribution in [1.29, 1.82) is 0 Å². The smallest absolute Gasteiger partial charge is 0.328 e. The van der Waals surface area contributed by atoms with Gasteiger partial charge in [0.15, 0.2) is 0 Å². The number of rotatable bonds is 4. The van der Waals surface area contributed by atoms with E-state index in [4.69, 9.17) is 9.84 Å². The number of aliphatic carboxylic acids is 1. The van der Waals surface area contributed by atoms with Crippen LogP contribution in [0.5, 0.6) is 11.5 Å². The monoisotopic (exact) mass is 366 g/mol. The standard InChI is InChI=1S/C15H11IO3/c16-13-6-1-2-7-14(13)19-12-5-3-4-11(10-12)8-9-15(17)18/h1-10H,(H,17,18). The molecular weight excluding hydrogens is 355 g/mol. The first-order valence-corrected chi connectivity index (χ1v) is 6.66. The van der Waals surface area contributed by atoms with E-state index in [1.54, 1.807) is 6.07 Å². The fourth-order valence-corrected chi connectivity index (χ4v) is 2.00. The summed E-state index contributed by atoms with van der Waals surface area (Å²) in [4.78, 5) is 10.5. The highest BCUT2D eigenvalue weighted by molar-refractivity contribution is 14.1. The number of carboxylic acid groups (broad SMARTS) is 1. The Hall–Kier alpha value is -1.82.